The molecule has 0 bridgehead atoms. The van der Waals surface area contributed by atoms with Gasteiger partial charge in [0.05, 0.1) is 4.90 Å². The minimum absolute atomic E-state index is 0.267. The predicted octanol–water partition coefficient (Wildman–Crippen LogP) is 3.40. The third-order valence-corrected chi connectivity index (χ3v) is 6.06. The highest BCUT2D eigenvalue weighted by Crippen LogP contribution is 2.31. The predicted molar refractivity (Wildman–Crippen MR) is 107 cm³/mol. The Balaban J connectivity index is 1.75. The zero-order valence-corrected chi connectivity index (χ0v) is 16.0. The Morgan fingerprint density at radius 3 is 2.75 bits per heavy atom. The first-order valence-electron chi connectivity index (χ1n) is 8.78. The summed E-state index contributed by atoms with van der Waals surface area (Å²) in [5, 5.41) is 10.0. The molecular formula is C20H19N3O4S. The number of rotatable bonds is 3. The Labute approximate surface area is 162 Å². The van der Waals surface area contributed by atoms with E-state index in [9.17, 15) is 13.2 Å². The molecule has 7 nitrogen and oxygen atoms in total. The standard InChI is InChI=1S/C20H19N3O4S/c1-28(26,27)16-4-2-3-14(9-16)15-10-17-18(12-22-19(17)21-11-15)13-5-7-23(8-6-13)20(24)25/h2-5,9-12H,6-8H2,1H3,(H,21,22)(H,24,25). The van der Waals surface area contributed by atoms with Crippen LogP contribution in [0.2, 0.25) is 0 Å². The molecule has 0 radical (unpaired) electrons. The average molecular weight is 397 g/mol. The monoisotopic (exact) mass is 397 g/mol. The molecule has 0 saturated heterocycles. The molecule has 0 fully saturated rings. The molecule has 0 unspecified atom stereocenters. The summed E-state index contributed by atoms with van der Waals surface area (Å²) in [5.74, 6) is 0. The van der Waals surface area contributed by atoms with Gasteiger partial charge in [0.15, 0.2) is 9.84 Å². The van der Waals surface area contributed by atoms with Crippen molar-refractivity contribution in [3.05, 3.63) is 54.4 Å². The molecule has 3 aromatic rings. The van der Waals surface area contributed by atoms with Crippen molar-refractivity contribution < 1.29 is 18.3 Å². The van der Waals surface area contributed by atoms with E-state index in [-0.39, 0.29) is 4.90 Å². The van der Waals surface area contributed by atoms with E-state index in [1.54, 1.807) is 24.4 Å². The van der Waals surface area contributed by atoms with Gasteiger partial charge in [0.25, 0.3) is 0 Å². The smallest absolute Gasteiger partial charge is 0.407 e. The average Bonchev–Trinajstić information content (AvgIpc) is 3.10. The van der Waals surface area contributed by atoms with Crippen LogP contribution in [0.3, 0.4) is 0 Å². The van der Waals surface area contributed by atoms with E-state index in [0.29, 0.717) is 19.5 Å². The number of nitrogens with zero attached hydrogens (tertiary/aromatic N) is 2. The van der Waals surface area contributed by atoms with E-state index in [0.717, 1.165) is 33.3 Å². The number of nitrogens with one attached hydrogen (secondary N) is 1. The molecule has 144 valence electrons. The molecule has 4 rings (SSSR count). The lowest BCUT2D eigenvalue weighted by Gasteiger charge is -2.23. The maximum absolute atomic E-state index is 11.8. The largest absolute Gasteiger partial charge is 0.465 e. The fourth-order valence-electron chi connectivity index (χ4n) is 3.42. The van der Waals surface area contributed by atoms with Gasteiger partial charge in [-0.05, 0) is 35.8 Å². The number of carbonyl (C=O) groups is 1. The second-order valence-electron chi connectivity index (χ2n) is 6.83. The minimum Gasteiger partial charge on any atom is -0.465 e. The summed E-state index contributed by atoms with van der Waals surface area (Å²) >= 11 is 0. The van der Waals surface area contributed by atoms with E-state index in [4.69, 9.17) is 5.11 Å². The topological polar surface area (TPSA) is 103 Å². The van der Waals surface area contributed by atoms with Crippen LogP contribution in [0.1, 0.15) is 12.0 Å². The molecule has 2 N–H and O–H groups in total. The fourth-order valence-corrected chi connectivity index (χ4v) is 4.09. The van der Waals surface area contributed by atoms with E-state index < -0.39 is 15.9 Å². The molecule has 1 aliphatic rings. The van der Waals surface area contributed by atoms with Gasteiger partial charge in [0.2, 0.25) is 0 Å². The van der Waals surface area contributed by atoms with Crippen LogP contribution in [0, 0.1) is 0 Å². The van der Waals surface area contributed by atoms with Gasteiger partial charge in [-0.2, -0.15) is 0 Å². The first-order valence-corrected chi connectivity index (χ1v) is 10.7. The molecule has 3 heterocycles. The molecule has 1 amide bonds. The zero-order valence-electron chi connectivity index (χ0n) is 15.2. The van der Waals surface area contributed by atoms with Crippen molar-refractivity contribution in [2.75, 3.05) is 19.3 Å². The van der Waals surface area contributed by atoms with Crippen LogP contribution in [0.25, 0.3) is 27.7 Å². The molecule has 0 spiro atoms. The van der Waals surface area contributed by atoms with Gasteiger partial charge in [0, 0.05) is 48.3 Å². The van der Waals surface area contributed by atoms with E-state index in [2.05, 4.69) is 9.97 Å². The molecule has 0 saturated carbocycles. The van der Waals surface area contributed by atoms with Gasteiger partial charge >= 0.3 is 6.09 Å². The SMILES string of the molecule is CS(=O)(=O)c1cccc(-c2cnc3[nH]cc(C4=CCN(C(=O)O)CC4)c3c2)c1. The molecule has 1 aliphatic heterocycles. The number of benzene rings is 1. The minimum atomic E-state index is -3.29. The van der Waals surface area contributed by atoms with E-state index >= 15 is 0 Å². The van der Waals surface area contributed by atoms with E-state index in [1.165, 1.54) is 11.2 Å². The number of hydrogen-bond donors (Lipinski definition) is 2. The number of H-pyrrole nitrogens is 1. The molecule has 0 aliphatic carbocycles. The lowest BCUT2D eigenvalue weighted by atomic mass is 9.98. The molecular weight excluding hydrogens is 378 g/mol. The van der Waals surface area contributed by atoms with Crippen LogP contribution in [-0.4, -0.2) is 53.8 Å². The maximum atomic E-state index is 11.8. The number of carboxylic acid groups (broad SMARTS) is 1. The quantitative estimate of drug-likeness (QED) is 0.705. The first kappa shape index (κ1) is 18.2. The van der Waals surface area contributed by atoms with Crippen molar-refractivity contribution in [3.63, 3.8) is 0 Å². The second kappa shape index (κ2) is 6.79. The Morgan fingerprint density at radius 2 is 2.07 bits per heavy atom. The molecule has 1 aromatic carbocycles. The van der Waals surface area contributed by atoms with Crippen LogP contribution < -0.4 is 0 Å². The van der Waals surface area contributed by atoms with Crippen LogP contribution >= 0.6 is 0 Å². The molecule has 28 heavy (non-hydrogen) atoms. The number of hydrogen-bond acceptors (Lipinski definition) is 4. The highest BCUT2D eigenvalue weighted by atomic mass is 32.2. The maximum Gasteiger partial charge on any atom is 0.407 e. The summed E-state index contributed by atoms with van der Waals surface area (Å²) in [6, 6.07) is 8.79. The van der Waals surface area contributed by atoms with Crippen molar-refractivity contribution in [3.8, 4) is 11.1 Å². The van der Waals surface area contributed by atoms with Crippen LogP contribution in [0.5, 0.6) is 0 Å². The van der Waals surface area contributed by atoms with Crippen molar-refractivity contribution in [2.24, 2.45) is 0 Å². The third-order valence-electron chi connectivity index (χ3n) is 4.95. The van der Waals surface area contributed by atoms with Gasteiger partial charge in [-0.3, -0.25) is 0 Å². The van der Waals surface area contributed by atoms with Gasteiger partial charge in [-0.15, -0.1) is 0 Å². The lowest BCUT2D eigenvalue weighted by Crippen LogP contribution is -2.33. The van der Waals surface area contributed by atoms with Crippen molar-refractivity contribution in [1.29, 1.82) is 0 Å². The van der Waals surface area contributed by atoms with Gasteiger partial charge < -0.3 is 15.0 Å². The Hall–Kier alpha value is -3.13. The summed E-state index contributed by atoms with van der Waals surface area (Å²) in [5.41, 5.74) is 4.40. The van der Waals surface area contributed by atoms with Crippen molar-refractivity contribution in [2.45, 2.75) is 11.3 Å². The lowest BCUT2D eigenvalue weighted by molar-refractivity contribution is 0.150. The summed E-state index contributed by atoms with van der Waals surface area (Å²) in [4.78, 5) is 20.4. The summed E-state index contributed by atoms with van der Waals surface area (Å²) in [7, 11) is -3.29. The number of amides is 1. The normalized spacial score (nSPS) is 14.9. The molecule has 0 atom stereocenters. The Kier molecular flexibility index (Phi) is 4.43. The first-order chi connectivity index (χ1) is 13.3. The van der Waals surface area contributed by atoms with Gasteiger partial charge in [-0.25, -0.2) is 18.2 Å². The molecule has 8 heteroatoms. The van der Waals surface area contributed by atoms with Gasteiger partial charge in [0.1, 0.15) is 5.65 Å². The van der Waals surface area contributed by atoms with Crippen molar-refractivity contribution in [1.82, 2.24) is 14.9 Å². The van der Waals surface area contributed by atoms with E-state index in [1.807, 2.05) is 24.4 Å². The second-order valence-corrected chi connectivity index (χ2v) is 8.85. The number of sulfone groups is 1. The van der Waals surface area contributed by atoms with Crippen molar-refractivity contribution >= 4 is 32.5 Å². The van der Waals surface area contributed by atoms with Gasteiger partial charge in [-0.1, -0.05) is 18.2 Å². The number of aromatic amines is 1. The number of aromatic nitrogens is 2. The van der Waals surface area contributed by atoms with Crippen LogP contribution in [-0.2, 0) is 9.84 Å². The summed E-state index contributed by atoms with van der Waals surface area (Å²) in [6.45, 7) is 0.818. The summed E-state index contributed by atoms with van der Waals surface area (Å²) < 4.78 is 23.7. The fraction of sp³-hybridized carbons (Fsp3) is 0.200. The number of fused-ring (bicyclic) bond motifs is 1. The highest BCUT2D eigenvalue weighted by molar-refractivity contribution is 7.90. The Bertz CT molecular complexity index is 1210. The highest BCUT2D eigenvalue weighted by Gasteiger charge is 2.19. The van der Waals surface area contributed by atoms with Crippen LogP contribution in [0.15, 0.2) is 53.7 Å². The zero-order chi connectivity index (χ0) is 19.9. The Morgan fingerprint density at radius 1 is 1.25 bits per heavy atom. The third kappa shape index (κ3) is 3.38. The van der Waals surface area contributed by atoms with Crippen LogP contribution in [0.4, 0.5) is 4.79 Å². The molecule has 2 aromatic heterocycles. The number of pyridine rings is 1. The summed E-state index contributed by atoms with van der Waals surface area (Å²) in [6.07, 6.45) is 6.43.